The maximum absolute atomic E-state index is 12.8. The van der Waals surface area contributed by atoms with Crippen molar-refractivity contribution >= 4 is 34.5 Å². The SMILES string of the molecule is COc1ccc(NC(C)=O)cc1NC(=O)c1cc2c(s1)CCCCCC2. The number of carbonyl (C=O) groups is 2. The number of rotatable bonds is 4. The minimum Gasteiger partial charge on any atom is -0.495 e. The molecule has 1 aromatic heterocycles. The number of methoxy groups -OCH3 is 1. The average Bonchev–Trinajstić information content (AvgIpc) is 2.97. The Kier molecular flexibility index (Phi) is 5.93. The van der Waals surface area contributed by atoms with Crippen LogP contribution in [0, 0.1) is 0 Å². The van der Waals surface area contributed by atoms with Gasteiger partial charge in [0.25, 0.3) is 5.91 Å². The van der Waals surface area contributed by atoms with E-state index in [0.29, 0.717) is 17.1 Å². The zero-order chi connectivity index (χ0) is 18.5. The van der Waals surface area contributed by atoms with Crippen LogP contribution in [0.4, 0.5) is 11.4 Å². The predicted molar refractivity (Wildman–Crippen MR) is 105 cm³/mol. The Bertz CT molecular complexity index is 788. The number of nitrogens with one attached hydrogen (secondary N) is 2. The first kappa shape index (κ1) is 18.5. The second-order valence-corrected chi connectivity index (χ2v) is 7.66. The molecule has 0 fully saturated rings. The fourth-order valence-electron chi connectivity index (χ4n) is 3.23. The molecule has 2 aromatic rings. The third kappa shape index (κ3) is 4.43. The van der Waals surface area contributed by atoms with E-state index in [1.807, 2.05) is 6.07 Å². The molecule has 2 N–H and O–H groups in total. The molecule has 0 aliphatic heterocycles. The molecule has 2 amide bonds. The lowest BCUT2D eigenvalue weighted by atomic mass is 10.00. The highest BCUT2D eigenvalue weighted by Crippen LogP contribution is 2.31. The molecular weight excluding hydrogens is 348 g/mol. The van der Waals surface area contributed by atoms with Crippen LogP contribution in [0.2, 0.25) is 0 Å². The number of fused-ring (bicyclic) bond motifs is 1. The lowest BCUT2D eigenvalue weighted by molar-refractivity contribution is -0.114. The molecular formula is C20H24N2O3S. The van der Waals surface area contributed by atoms with E-state index in [1.54, 1.807) is 36.6 Å². The van der Waals surface area contributed by atoms with Crippen LogP contribution in [0.5, 0.6) is 5.75 Å². The summed E-state index contributed by atoms with van der Waals surface area (Å²) in [7, 11) is 1.56. The number of amides is 2. The van der Waals surface area contributed by atoms with Crippen molar-refractivity contribution in [3.05, 3.63) is 39.6 Å². The number of hydrogen-bond donors (Lipinski definition) is 2. The Labute approximate surface area is 157 Å². The van der Waals surface area contributed by atoms with E-state index in [1.165, 1.54) is 43.0 Å². The molecule has 1 aliphatic carbocycles. The van der Waals surface area contributed by atoms with Crippen LogP contribution < -0.4 is 15.4 Å². The van der Waals surface area contributed by atoms with Crippen LogP contribution >= 0.6 is 11.3 Å². The van der Waals surface area contributed by atoms with Gasteiger partial charge in [0.2, 0.25) is 5.91 Å². The zero-order valence-corrected chi connectivity index (χ0v) is 16.0. The summed E-state index contributed by atoms with van der Waals surface area (Å²) in [5, 5.41) is 5.65. The van der Waals surface area contributed by atoms with Gasteiger partial charge < -0.3 is 15.4 Å². The molecule has 0 saturated heterocycles. The lowest BCUT2D eigenvalue weighted by Crippen LogP contribution is -2.12. The van der Waals surface area contributed by atoms with Crippen molar-refractivity contribution < 1.29 is 14.3 Å². The highest BCUT2D eigenvalue weighted by atomic mass is 32.1. The van der Waals surface area contributed by atoms with Gasteiger partial charge in [-0.25, -0.2) is 0 Å². The van der Waals surface area contributed by atoms with E-state index in [4.69, 9.17) is 4.74 Å². The molecule has 0 bridgehead atoms. The number of ether oxygens (including phenoxy) is 1. The summed E-state index contributed by atoms with van der Waals surface area (Å²) in [4.78, 5) is 26.1. The summed E-state index contributed by atoms with van der Waals surface area (Å²) in [6.45, 7) is 1.45. The van der Waals surface area contributed by atoms with Crippen LogP contribution in [0.3, 0.4) is 0 Å². The lowest BCUT2D eigenvalue weighted by Gasteiger charge is -2.12. The van der Waals surface area contributed by atoms with E-state index in [0.717, 1.165) is 17.7 Å². The van der Waals surface area contributed by atoms with Gasteiger partial charge in [-0.1, -0.05) is 12.8 Å². The Balaban J connectivity index is 1.81. The van der Waals surface area contributed by atoms with Crippen molar-refractivity contribution in [2.75, 3.05) is 17.7 Å². The second-order valence-electron chi connectivity index (χ2n) is 6.52. The van der Waals surface area contributed by atoms with Crippen molar-refractivity contribution in [2.45, 2.75) is 45.4 Å². The molecule has 3 rings (SSSR count). The van der Waals surface area contributed by atoms with Crippen LogP contribution in [-0.4, -0.2) is 18.9 Å². The van der Waals surface area contributed by atoms with E-state index in [2.05, 4.69) is 10.6 Å². The predicted octanol–water partition coefficient (Wildman–Crippen LogP) is 4.63. The van der Waals surface area contributed by atoms with Crippen molar-refractivity contribution in [1.29, 1.82) is 0 Å². The third-order valence-corrected chi connectivity index (χ3v) is 5.72. The zero-order valence-electron chi connectivity index (χ0n) is 15.2. The fourth-order valence-corrected chi connectivity index (χ4v) is 4.38. The van der Waals surface area contributed by atoms with Gasteiger partial charge in [-0.15, -0.1) is 11.3 Å². The van der Waals surface area contributed by atoms with Crippen molar-refractivity contribution in [2.24, 2.45) is 0 Å². The summed E-state index contributed by atoms with van der Waals surface area (Å²) in [5.74, 6) is 0.257. The van der Waals surface area contributed by atoms with Gasteiger partial charge >= 0.3 is 0 Å². The minimum absolute atomic E-state index is 0.139. The number of carbonyl (C=O) groups excluding carboxylic acids is 2. The minimum atomic E-state index is -0.162. The van der Waals surface area contributed by atoms with Gasteiger partial charge in [0.15, 0.2) is 0 Å². The highest BCUT2D eigenvalue weighted by Gasteiger charge is 2.17. The highest BCUT2D eigenvalue weighted by molar-refractivity contribution is 7.14. The first-order chi connectivity index (χ1) is 12.6. The first-order valence-electron chi connectivity index (χ1n) is 8.95. The Morgan fingerprint density at radius 2 is 1.81 bits per heavy atom. The molecule has 1 aromatic carbocycles. The molecule has 0 saturated carbocycles. The summed E-state index contributed by atoms with van der Waals surface area (Å²) < 4.78 is 5.33. The van der Waals surface area contributed by atoms with Gasteiger partial charge in [0.05, 0.1) is 17.7 Å². The topological polar surface area (TPSA) is 67.4 Å². The van der Waals surface area contributed by atoms with Gasteiger partial charge in [0.1, 0.15) is 5.75 Å². The molecule has 138 valence electrons. The monoisotopic (exact) mass is 372 g/mol. The molecule has 0 atom stereocenters. The molecule has 0 radical (unpaired) electrons. The summed E-state index contributed by atoms with van der Waals surface area (Å²) in [6, 6.07) is 7.22. The van der Waals surface area contributed by atoms with Gasteiger partial charge in [-0.05, 0) is 55.5 Å². The Hall–Kier alpha value is -2.34. The quantitative estimate of drug-likeness (QED) is 0.822. The number of benzene rings is 1. The van der Waals surface area contributed by atoms with E-state index >= 15 is 0 Å². The van der Waals surface area contributed by atoms with Crippen molar-refractivity contribution in [3.63, 3.8) is 0 Å². The van der Waals surface area contributed by atoms with Crippen molar-refractivity contribution in [1.82, 2.24) is 0 Å². The van der Waals surface area contributed by atoms with Crippen LogP contribution in [-0.2, 0) is 17.6 Å². The van der Waals surface area contributed by atoms with Crippen molar-refractivity contribution in [3.8, 4) is 5.75 Å². The molecule has 1 aliphatic rings. The van der Waals surface area contributed by atoms with E-state index in [-0.39, 0.29) is 11.8 Å². The summed E-state index contributed by atoms with van der Waals surface area (Å²) >= 11 is 1.59. The van der Waals surface area contributed by atoms with E-state index in [9.17, 15) is 9.59 Å². The Morgan fingerprint density at radius 3 is 2.54 bits per heavy atom. The van der Waals surface area contributed by atoms with Crippen LogP contribution in [0.15, 0.2) is 24.3 Å². The standard InChI is InChI=1S/C20H24N2O3S/c1-13(23)21-15-9-10-17(25-2)16(12-15)22-20(24)19-11-14-7-5-3-4-6-8-18(14)26-19/h9-12H,3-8H2,1-2H3,(H,21,23)(H,22,24). The first-order valence-corrected chi connectivity index (χ1v) is 9.77. The Morgan fingerprint density at radius 1 is 1.04 bits per heavy atom. The van der Waals surface area contributed by atoms with Crippen LogP contribution in [0.25, 0.3) is 0 Å². The van der Waals surface area contributed by atoms with Gasteiger partial charge in [-0.3, -0.25) is 9.59 Å². The molecule has 6 heteroatoms. The van der Waals surface area contributed by atoms with Crippen LogP contribution in [0.1, 0.15) is 52.7 Å². The normalized spacial score (nSPS) is 13.9. The maximum atomic E-state index is 12.8. The second kappa shape index (κ2) is 8.36. The number of aryl methyl sites for hydroxylation is 2. The van der Waals surface area contributed by atoms with Gasteiger partial charge in [0, 0.05) is 17.5 Å². The maximum Gasteiger partial charge on any atom is 0.265 e. The third-order valence-electron chi connectivity index (χ3n) is 4.49. The molecule has 5 nitrogen and oxygen atoms in total. The average molecular weight is 372 g/mol. The summed E-state index contributed by atoms with van der Waals surface area (Å²) in [6.07, 6.45) is 7.05. The number of hydrogen-bond acceptors (Lipinski definition) is 4. The summed E-state index contributed by atoms with van der Waals surface area (Å²) in [5.41, 5.74) is 2.48. The molecule has 0 spiro atoms. The fraction of sp³-hybridized carbons (Fsp3) is 0.400. The van der Waals surface area contributed by atoms with E-state index < -0.39 is 0 Å². The largest absolute Gasteiger partial charge is 0.495 e. The molecule has 1 heterocycles. The smallest absolute Gasteiger partial charge is 0.265 e. The number of anilines is 2. The molecule has 26 heavy (non-hydrogen) atoms. The number of thiophene rings is 1. The molecule has 0 unspecified atom stereocenters. The van der Waals surface area contributed by atoms with Gasteiger partial charge in [-0.2, -0.15) is 0 Å².